The van der Waals surface area contributed by atoms with Gasteiger partial charge in [0.2, 0.25) is 5.95 Å². The Morgan fingerprint density at radius 3 is 2.64 bits per heavy atom. The number of anilines is 1. The Bertz CT molecular complexity index is 842. The van der Waals surface area contributed by atoms with Crippen LogP contribution in [-0.2, 0) is 6.18 Å². The van der Waals surface area contributed by atoms with Crippen LogP contribution in [0.4, 0.5) is 19.1 Å². The van der Waals surface area contributed by atoms with Crippen molar-refractivity contribution in [2.75, 3.05) is 12.8 Å². The molecule has 22 heavy (non-hydrogen) atoms. The number of aromatic nitrogens is 3. The average molecular weight is 308 g/mol. The minimum atomic E-state index is -4.41. The van der Waals surface area contributed by atoms with Gasteiger partial charge >= 0.3 is 6.18 Å². The number of hydrogen-bond acceptors (Lipinski definition) is 4. The Kier molecular flexibility index (Phi) is 3.16. The smallest absolute Gasteiger partial charge is 0.416 e. The Morgan fingerprint density at radius 1 is 1.18 bits per heavy atom. The van der Waals surface area contributed by atoms with Crippen LogP contribution in [0.15, 0.2) is 36.4 Å². The number of nitrogen functional groups attached to an aromatic ring is 1. The molecule has 2 aromatic heterocycles. The van der Waals surface area contributed by atoms with E-state index < -0.39 is 11.7 Å². The molecular formula is C14H11F3N4O. The minimum absolute atomic E-state index is 0.0118. The molecule has 0 bridgehead atoms. The molecule has 5 nitrogen and oxygen atoms in total. The number of rotatable bonds is 2. The van der Waals surface area contributed by atoms with Crippen molar-refractivity contribution in [2.45, 2.75) is 6.18 Å². The van der Waals surface area contributed by atoms with Gasteiger partial charge in [-0.25, -0.2) is 4.52 Å². The number of fused-ring (bicyclic) bond motifs is 1. The lowest BCUT2D eigenvalue weighted by Crippen LogP contribution is -2.05. The zero-order chi connectivity index (χ0) is 15.9. The summed E-state index contributed by atoms with van der Waals surface area (Å²) in [5.41, 5.74) is 5.98. The van der Waals surface area contributed by atoms with E-state index in [1.807, 2.05) is 0 Å². The normalized spacial score (nSPS) is 11.8. The second-order valence-electron chi connectivity index (χ2n) is 4.57. The van der Waals surface area contributed by atoms with Gasteiger partial charge in [0.1, 0.15) is 0 Å². The van der Waals surface area contributed by atoms with Crippen molar-refractivity contribution in [3.05, 3.63) is 42.0 Å². The van der Waals surface area contributed by atoms with E-state index >= 15 is 0 Å². The number of ether oxygens (including phenoxy) is 1. The number of nitrogens with two attached hydrogens (primary N) is 1. The summed E-state index contributed by atoms with van der Waals surface area (Å²) in [6, 6.07) is 8.19. The van der Waals surface area contributed by atoms with Crippen molar-refractivity contribution >= 4 is 11.6 Å². The summed E-state index contributed by atoms with van der Waals surface area (Å²) in [7, 11) is 1.46. The first-order valence-electron chi connectivity index (χ1n) is 6.27. The van der Waals surface area contributed by atoms with Gasteiger partial charge < -0.3 is 10.5 Å². The van der Waals surface area contributed by atoms with Crippen LogP contribution >= 0.6 is 0 Å². The zero-order valence-corrected chi connectivity index (χ0v) is 11.4. The lowest BCUT2D eigenvalue weighted by atomic mass is 10.1. The molecule has 0 atom stereocenters. The third-order valence-electron chi connectivity index (χ3n) is 3.17. The molecule has 0 amide bonds. The third-order valence-corrected chi connectivity index (χ3v) is 3.17. The SMILES string of the molecule is COc1ccc(-c2cccc(C(F)(F)F)c2)n2nc(N)nc12. The largest absolute Gasteiger partial charge is 0.493 e. The summed E-state index contributed by atoms with van der Waals surface area (Å²) in [5, 5.41) is 4.01. The molecule has 0 spiro atoms. The Labute approximate surface area is 123 Å². The van der Waals surface area contributed by atoms with Crippen LogP contribution in [0.5, 0.6) is 5.75 Å². The van der Waals surface area contributed by atoms with Crippen LogP contribution in [0.1, 0.15) is 5.56 Å². The van der Waals surface area contributed by atoms with Crippen LogP contribution in [0.3, 0.4) is 0 Å². The lowest BCUT2D eigenvalue weighted by molar-refractivity contribution is -0.137. The van der Waals surface area contributed by atoms with Crippen LogP contribution in [-0.4, -0.2) is 21.7 Å². The predicted octanol–water partition coefficient (Wildman–Crippen LogP) is 3.01. The molecule has 0 radical (unpaired) electrons. The Hall–Kier alpha value is -2.77. The fourth-order valence-electron chi connectivity index (χ4n) is 2.19. The van der Waals surface area contributed by atoms with Gasteiger partial charge in [0, 0.05) is 5.56 Å². The number of halogens is 3. The predicted molar refractivity (Wildman–Crippen MR) is 74.4 cm³/mol. The van der Waals surface area contributed by atoms with Gasteiger partial charge in [-0.15, -0.1) is 5.10 Å². The molecule has 0 saturated heterocycles. The van der Waals surface area contributed by atoms with Gasteiger partial charge in [-0.3, -0.25) is 0 Å². The highest BCUT2D eigenvalue weighted by atomic mass is 19.4. The summed E-state index contributed by atoms with van der Waals surface area (Å²) in [5.74, 6) is 0.442. The van der Waals surface area contributed by atoms with Crippen LogP contribution in [0.2, 0.25) is 0 Å². The maximum absolute atomic E-state index is 12.8. The van der Waals surface area contributed by atoms with Crippen molar-refractivity contribution in [3.8, 4) is 17.0 Å². The standard InChI is InChI=1S/C14H11F3N4O/c1-22-11-6-5-10(21-12(11)19-13(18)20-21)8-3-2-4-9(7-8)14(15,16)17/h2-7H,1H3,(H2,18,20). The third kappa shape index (κ3) is 2.32. The number of pyridine rings is 1. The number of methoxy groups -OCH3 is 1. The quantitative estimate of drug-likeness (QED) is 0.790. The fourth-order valence-corrected chi connectivity index (χ4v) is 2.19. The van der Waals surface area contributed by atoms with E-state index in [4.69, 9.17) is 10.5 Å². The maximum atomic E-state index is 12.8. The maximum Gasteiger partial charge on any atom is 0.416 e. The molecule has 3 rings (SSSR count). The molecule has 0 fully saturated rings. The highest BCUT2D eigenvalue weighted by molar-refractivity contribution is 5.68. The van der Waals surface area contributed by atoms with E-state index in [1.165, 1.54) is 17.7 Å². The molecular weight excluding hydrogens is 297 g/mol. The van der Waals surface area contributed by atoms with E-state index in [1.54, 1.807) is 18.2 Å². The van der Waals surface area contributed by atoms with E-state index in [2.05, 4.69) is 10.1 Å². The van der Waals surface area contributed by atoms with Crippen molar-refractivity contribution < 1.29 is 17.9 Å². The molecule has 0 aliphatic rings. The number of hydrogen-bond donors (Lipinski definition) is 1. The van der Waals surface area contributed by atoms with Gasteiger partial charge in [-0.05, 0) is 24.3 Å². The molecule has 114 valence electrons. The van der Waals surface area contributed by atoms with Crippen molar-refractivity contribution in [1.29, 1.82) is 0 Å². The van der Waals surface area contributed by atoms with Gasteiger partial charge in [0.25, 0.3) is 0 Å². The van der Waals surface area contributed by atoms with E-state index in [9.17, 15) is 13.2 Å². The monoisotopic (exact) mass is 308 g/mol. The lowest BCUT2D eigenvalue weighted by Gasteiger charge is -2.10. The summed E-state index contributed by atoms with van der Waals surface area (Å²) in [6.45, 7) is 0. The summed E-state index contributed by atoms with van der Waals surface area (Å²) < 4.78 is 45.1. The molecule has 3 aromatic rings. The van der Waals surface area contributed by atoms with E-state index in [-0.39, 0.29) is 5.95 Å². The van der Waals surface area contributed by atoms with Crippen LogP contribution < -0.4 is 10.5 Å². The van der Waals surface area contributed by atoms with Crippen LogP contribution in [0.25, 0.3) is 16.9 Å². The Morgan fingerprint density at radius 2 is 1.95 bits per heavy atom. The summed E-state index contributed by atoms with van der Waals surface area (Å²) in [6.07, 6.45) is -4.41. The van der Waals surface area contributed by atoms with Crippen molar-refractivity contribution in [1.82, 2.24) is 14.6 Å². The van der Waals surface area contributed by atoms with Gasteiger partial charge in [-0.1, -0.05) is 12.1 Å². The fraction of sp³-hybridized carbons (Fsp3) is 0.143. The molecule has 0 saturated carbocycles. The first kappa shape index (κ1) is 14.2. The molecule has 1 aromatic carbocycles. The molecule has 0 unspecified atom stereocenters. The molecule has 0 aliphatic carbocycles. The van der Waals surface area contributed by atoms with E-state index in [0.29, 0.717) is 22.7 Å². The minimum Gasteiger partial charge on any atom is -0.493 e. The summed E-state index contributed by atoms with van der Waals surface area (Å²) in [4.78, 5) is 4.02. The molecule has 0 aliphatic heterocycles. The van der Waals surface area contributed by atoms with Crippen LogP contribution in [0, 0.1) is 0 Å². The summed E-state index contributed by atoms with van der Waals surface area (Å²) >= 11 is 0. The second-order valence-corrected chi connectivity index (χ2v) is 4.57. The van der Waals surface area contributed by atoms with Crippen molar-refractivity contribution in [2.24, 2.45) is 0 Å². The molecule has 2 heterocycles. The zero-order valence-electron chi connectivity index (χ0n) is 11.4. The second kappa shape index (κ2) is 4.90. The highest BCUT2D eigenvalue weighted by Gasteiger charge is 2.30. The first-order valence-corrected chi connectivity index (χ1v) is 6.27. The molecule has 8 heteroatoms. The van der Waals surface area contributed by atoms with E-state index in [0.717, 1.165) is 12.1 Å². The number of alkyl halides is 3. The number of benzene rings is 1. The average Bonchev–Trinajstić information content (AvgIpc) is 2.86. The van der Waals surface area contributed by atoms with Gasteiger partial charge in [0.05, 0.1) is 18.4 Å². The molecule has 2 N–H and O–H groups in total. The van der Waals surface area contributed by atoms with Crippen molar-refractivity contribution in [3.63, 3.8) is 0 Å². The highest BCUT2D eigenvalue weighted by Crippen LogP contribution is 2.33. The topological polar surface area (TPSA) is 65.4 Å². The number of nitrogens with zero attached hydrogens (tertiary/aromatic N) is 3. The van der Waals surface area contributed by atoms with Gasteiger partial charge in [-0.2, -0.15) is 18.2 Å². The first-order chi connectivity index (χ1) is 10.4. The van der Waals surface area contributed by atoms with Gasteiger partial charge in [0.15, 0.2) is 11.4 Å². The Balaban J connectivity index is 2.23.